The Balaban J connectivity index is 3.49. The first-order chi connectivity index (χ1) is 8.68. The first-order valence-corrected chi connectivity index (χ1v) is 6.14. The smallest absolute Gasteiger partial charge is 0.455 e. The number of carbonyl (C=O) groups excluding carboxylic acids is 1. The molecule has 1 aromatic rings. The molecule has 0 amide bonds. The summed E-state index contributed by atoms with van der Waals surface area (Å²) in [5.41, 5.74) is -0.0486. The van der Waals surface area contributed by atoms with E-state index in [1.54, 1.807) is 20.8 Å². The summed E-state index contributed by atoms with van der Waals surface area (Å²) in [4.78, 5) is 11.4. The van der Waals surface area contributed by atoms with Gasteiger partial charge in [0.05, 0.1) is 12.2 Å². The van der Waals surface area contributed by atoms with E-state index in [1.165, 1.54) is 6.07 Å². The number of hydrogen-bond acceptors (Lipinski definition) is 2. The van der Waals surface area contributed by atoms with Crippen LogP contribution in [0.2, 0.25) is 5.02 Å². The molecule has 19 heavy (non-hydrogen) atoms. The third-order valence-corrected chi connectivity index (χ3v) is 2.71. The molecule has 0 bridgehead atoms. The van der Waals surface area contributed by atoms with Crippen LogP contribution in [0.15, 0.2) is 12.1 Å². The Labute approximate surface area is 114 Å². The van der Waals surface area contributed by atoms with Crippen LogP contribution < -0.4 is 4.74 Å². The molecule has 0 unspecified atom stereocenters. The second-order valence-corrected chi connectivity index (χ2v) is 4.72. The maximum absolute atomic E-state index is 12.6. The summed E-state index contributed by atoms with van der Waals surface area (Å²) in [5, 5.41) is 0.0831. The summed E-state index contributed by atoms with van der Waals surface area (Å²) in [6.45, 7) is 5.38. The summed E-state index contributed by atoms with van der Waals surface area (Å²) in [6, 6.07) is 2.51. The number of ether oxygens (including phenoxy) is 1. The highest BCUT2D eigenvalue weighted by Crippen LogP contribution is 2.36. The SMILES string of the molecule is CCOc1c(C(=O)C(F)(F)F)cc(Cl)cc1C(C)C. The van der Waals surface area contributed by atoms with E-state index in [-0.39, 0.29) is 23.3 Å². The zero-order valence-corrected chi connectivity index (χ0v) is 11.5. The molecule has 0 heterocycles. The molecule has 0 fully saturated rings. The highest BCUT2D eigenvalue weighted by atomic mass is 35.5. The van der Waals surface area contributed by atoms with Crippen LogP contribution in [-0.2, 0) is 0 Å². The van der Waals surface area contributed by atoms with Gasteiger partial charge in [-0.3, -0.25) is 4.79 Å². The molecule has 0 aliphatic heterocycles. The van der Waals surface area contributed by atoms with Gasteiger partial charge in [-0.2, -0.15) is 13.2 Å². The molecular weight excluding hydrogens is 281 g/mol. The van der Waals surface area contributed by atoms with E-state index in [0.717, 1.165) is 6.07 Å². The van der Waals surface area contributed by atoms with Gasteiger partial charge in [0, 0.05) is 5.02 Å². The first-order valence-electron chi connectivity index (χ1n) is 5.76. The number of hydrogen-bond donors (Lipinski definition) is 0. The van der Waals surface area contributed by atoms with Gasteiger partial charge in [0.25, 0.3) is 5.78 Å². The van der Waals surface area contributed by atoms with E-state index in [1.807, 2.05) is 0 Å². The van der Waals surface area contributed by atoms with Crippen molar-refractivity contribution >= 4 is 17.4 Å². The molecule has 0 saturated carbocycles. The van der Waals surface area contributed by atoms with Crippen molar-refractivity contribution in [2.24, 2.45) is 0 Å². The Kier molecular flexibility index (Phi) is 4.85. The molecule has 0 aliphatic rings. The lowest BCUT2D eigenvalue weighted by Crippen LogP contribution is -2.24. The van der Waals surface area contributed by atoms with Crippen molar-refractivity contribution in [3.63, 3.8) is 0 Å². The van der Waals surface area contributed by atoms with Crippen LogP contribution in [0.4, 0.5) is 13.2 Å². The predicted molar refractivity (Wildman–Crippen MR) is 67.1 cm³/mol. The van der Waals surface area contributed by atoms with Gasteiger partial charge in [0.1, 0.15) is 5.75 Å². The Morgan fingerprint density at radius 3 is 2.37 bits per heavy atom. The Bertz CT molecular complexity index is 482. The highest BCUT2D eigenvalue weighted by molar-refractivity contribution is 6.31. The number of ketones is 1. The molecule has 6 heteroatoms. The number of rotatable bonds is 4. The van der Waals surface area contributed by atoms with Crippen LogP contribution >= 0.6 is 11.6 Å². The fraction of sp³-hybridized carbons (Fsp3) is 0.462. The lowest BCUT2D eigenvalue weighted by Gasteiger charge is -2.18. The number of alkyl halides is 3. The summed E-state index contributed by atoms with van der Waals surface area (Å²) < 4.78 is 42.9. The fourth-order valence-electron chi connectivity index (χ4n) is 1.67. The summed E-state index contributed by atoms with van der Waals surface area (Å²) in [5.74, 6) is -2.09. The fourth-order valence-corrected chi connectivity index (χ4v) is 1.90. The van der Waals surface area contributed by atoms with Crippen molar-refractivity contribution in [2.45, 2.75) is 32.9 Å². The van der Waals surface area contributed by atoms with Gasteiger partial charge in [-0.15, -0.1) is 0 Å². The van der Waals surface area contributed by atoms with Gasteiger partial charge >= 0.3 is 6.18 Å². The van der Waals surface area contributed by atoms with Gasteiger partial charge < -0.3 is 4.74 Å². The second kappa shape index (κ2) is 5.82. The molecule has 0 radical (unpaired) electrons. The molecule has 2 nitrogen and oxygen atoms in total. The lowest BCUT2D eigenvalue weighted by atomic mass is 9.97. The van der Waals surface area contributed by atoms with Crippen LogP contribution in [0.25, 0.3) is 0 Å². The van der Waals surface area contributed by atoms with Crippen molar-refractivity contribution < 1.29 is 22.7 Å². The quantitative estimate of drug-likeness (QED) is 0.758. The normalized spacial score (nSPS) is 11.8. The van der Waals surface area contributed by atoms with Crippen molar-refractivity contribution in [1.82, 2.24) is 0 Å². The molecular formula is C13H14ClF3O2. The molecule has 1 rings (SSSR count). The number of benzene rings is 1. The van der Waals surface area contributed by atoms with Crippen LogP contribution in [0.1, 0.15) is 42.6 Å². The molecule has 0 spiro atoms. The lowest BCUT2D eigenvalue weighted by molar-refractivity contribution is -0.0886. The molecule has 0 aliphatic carbocycles. The van der Waals surface area contributed by atoms with Crippen molar-refractivity contribution in [3.8, 4) is 5.75 Å². The third-order valence-electron chi connectivity index (χ3n) is 2.50. The van der Waals surface area contributed by atoms with Crippen LogP contribution in [0.3, 0.4) is 0 Å². The van der Waals surface area contributed by atoms with Gasteiger partial charge in [-0.05, 0) is 30.5 Å². The third kappa shape index (κ3) is 3.62. The minimum atomic E-state index is -4.95. The minimum absolute atomic E-state index is 0.0378. The minimum Gasteiger partial charge on any atom is -0.493 e. The topological polar surface area (TPSA) is 26.3 Å². The van der Waals surface area contributed by atoms with Gasteiger partial charge in [-0.1, -0.05) is 25.4 Å². The van der Waals surface area contributed by atoms with Crippen LogP contribution in [-0.4, -0.2) is 18.6 Å². The van der Waals surface area contributed by atoms with E-state index >= 15 is 0 Å². The summed E-state index contributed by atoms with van der Waals surface area (Å²) in [7, 11) is 0. The maximum Gasteiger partial charge on any atom is 0.455 e. The summed E-state index contributed by atoms with van der Waals surface area (Å²) in [6.07, 6.45) is -4.95. The second-order valence-electron chi connectivity index (χ2n) is 4.29. The predicted octanol–water partition coefficient (Wildman–Crippen LogP) is 4.61. The van der Waals surface area contributed by atoms with Crippen molar-refractivity contribution in [3.05, 3.63) is 28.3 Å². The number of Topliss-reactive ketones (excluding diaryl/α,β-unsaturated/α-hetero) is 1. The largest absolute Gasteiger partial charge is 0.493 e. The van der Waals surface area contributed by atoms with Gasteiger partial charge in [0.2, 0.25) is 0 Å². The molecule has 0 aromatic heterocycles. The average molecular weight is 295 g/mol. The Morgan fingerprint density at radius 1 is 1.37 bits per heavy atom. The molecule has 1 aromatic carbocycles. The zero-order valence-electron chi connectivity index (χ0n) is 10.8. The maximum atomic E-state index is 12.6. The van der Waals surface area contributed by atoms with Gasteiger partial charge in [-0.25, -0.2) is 0 Å². The zero-order chi connectivity index (χ0) is 14.8. The highest BCUT2D eigenvalue weighted by Gasteiger charge is 2.41. The monoisotopic (exact) mass is 294 g/mol. The van der Waals surface area contributed by atoms with Gasteiger partial charge in [0.15, 0.2) is 0 Å². The number of halogens is 4. The van der Waals surface area contributed by atoms with E-state index in [9.17, 15) is 18.0 Å². The van der Waals surface area contributed by atoms with Crippen LogP contribution in [0.5, 0.6) is 5.75 Å². The molecule has 0 N–H and O–H groups in total. The molecule has 0 atom stereocenters. The molecule has 106 valence electrons. The summed E-state index contributed by atoms with van der Waals surface area (Å²) >= 11 is 5.79. The van der Waals surface area contributed by atoms with E-state index in [0.29, 0.717) is 5.56 Å². The average Bonchev–Trinajstić information content (AvgIpc) is 2.28. The Morgan fingerprint density at radius 2 is 1.95 bits per heavy atom. The van der Waals surface area contributed by atoms with E-state index in [2.05, 4.69) is 0 Å². The molecule has 0 saturated heterocycles. The number of carbonyl (C=O) groups is 1. The first kappa shape index (κ1) is 15.8. The van der Waals surface area contributed by atoms with Crippen LogP contribution in [0, 0.1) is 0 Å². The van der Waals surface area contributed by atoms with E-state index < -0.39 is 17.5 Å². The van der Waals surface area contributed by atoms with Crippen molar-refractivity contribution in [2.75, 3.05) is 6.61 Å². The van der Waals surface area contributed by atoms with E-state index in [4.69, 9.17) is 16.3 Å². The van der Waals surface area contributed by atoms with Crippen molar-refractivity contribution in [1.29, 1.82) is 0 Å². The standard InChI is InChI=1S/C13H14ClF3O2/c1-4-19-11-9(7(2)3)5-8(14)6-10(11)12(18)13(15,16)17/h5-7H,4H2,1-3H3. The Hall–Kier alpha value is -1.23.